The van der Waals surface area contributed by atoms with Gasteiger partial charge in [-0.25, -0.2) is 4.79 Å². The van der Waals surface area contributed by atoms with Gasteiger partial charge in [-0.15, -0.1) is 0 Å². The van der Waals surface area contributed by atoms with Gasteiger partial charge >= 0.3 is 6.16 Å². The quantitative estimate of drug-likeness (QED) is 0.372. The van der Waals surface area contributed by atoms with Crippen molar-refractivity contribution < 1.29 is 14.4 Å². The molecule has 0 saturated carbocycles. The smallest absolute Gasteiger partial charge is 0.430 e. The first-order valence-electron chi connectivity index (χ1n) is 2.19. The molecule has 4 nitrogen and oxygen atoms in total. The van der Waals surface area contributed by atoms with E-state index in [0.29, 0.717) is 0 Å². The zero-order valence-corrected chi connectivity index (χ0v) is 4.75. The van der Waals surface area contributed by atoms with Crippen molar-refractivity contribution in [2.24, 2.45) is 0 Å². The first-order valence-corrected chi connectivity index (χ1v) is 2.19. The van der Waals surface area contributed by atoms with Crippen LogP contribution in [0.4, 0.5) is 4.79 Å². The zero-order chi connectivity index (χ0) is 6.57. The molecule has 0 saturated heterocycles. The first-order chi connectivity index (χ1) is 3.66. The van der Waals surface area contributed by atoms with E-state index in [0.717, 1.165) is 0 Å². The van der Waals surface area contributed by atoms with Gasteiger partial charge in [0.05, 0.1) is 6.10 Å². The van der Waals surface area contributed by atoms with Crippen molar-refractivity contribution in [3.8, 4) is 0 Å². The van der Waals surface area contributed by atoms with E-state index in [9.17, 15) is 4.79 Å². The summed E-state index contributed by atoms with van der Waals surface area (Å²) >= 11 is 0. The van der Waals surface area contributed by atoms with Crippen LogP contribution >= 0.6 is 0 Å². The third kappa shape index (κ3) is 3.42. The Morgan fingerprint density at radius 1 is 1.62 bits per heavy atom. The number of carbonyl (C=O) groups is 1. The zero-order valence-electron chi connectivity index (χ0n) is 4.75. The van der Waals surface area contributed by atoms with E-state index in [-0.39, 0.29) is 6.10 Å². The van der Waals surface area contributed by atoms with Crippen LogP contribution in [0.3, 0.4) is 0 Å². The van der Waals surface area contributed by atoms with Gasteiger partial charge in [0.2, 0.25) is 0 Å². The molecule has 0 spiro atoms. The number of hydrogen-bond donors (Lipinski definition) is 0. The van der Waals surface area contributed by atoms with E-state index >= 15 is 0 Å². The lowest BCUT2D eigenvalue weighted by Crippen LogP contribution is -2.11. The summed E-state index contributed by atoms with van der Waals surface area (Å²) < 4.78 is 4.29. The Morgan fingerprint density at radius 2 is 2.12 bits per heavy atom. The summed E-state index contributed by atoms with van der Waals surface area (Å²) in [4.78, 5) is 13.1. The molecule has 0 aromatic carbocycles. The number of carbonyl (C=O) groups excluding carboxylic acids is 1. The van der Waals surface area contributed by atoms with Gasteiger partial charge in [-0.3, -0.25) is 4.84 Å². The highest BCUT2D eigenvalue weighted by Crippen LogP contribution is 1.88. The van der Waals surface area contributed by atoms with E-state index in [1.807, 2.05) is 0 Å². The Labute approximate surface area is 47.5 Å². The third-order valence-corrected chi connectivity index (χ3v) is 0.406. The van der Waals surface area contributed by atoms with Gasteiger partial charge in [0, 0.05) is 0 Å². The maximum Gasteiger partial charge on any atom is 0.530 e. The average molecular weight is 117 g/mol. The fourth-order valence-corrected chi connectivity index (χ4v) is 0.214. The lowest BCUT2D eigenvalue weighted by molar-refractivity contribution is 0.0284. The summed E-state index contributed by atoms with van der Waals surface area (Å²) in [5.74, 6) is 7.61. The van der Waals surface area contributed by atoms with Crippen molar-refractivity contribution in [3.05, 3.63) is 0 Å². The van der Waals surface area contributed by atoms with E-state index < -0.39 is 6.16 Å². The van der Waals surface area contributed by atoms with Gasteiger partial charge in [-0.1, -0.05) is 0 Å². The van der Waals surface area contributed by atoms with Crippen LogP contribution in [-0.2, 0) is 9.57 Å². The number of ether oxygens (including phenoxy) is 1. The Hall–Kier alpha value is -0.770. The maximum atomic E-state index is 9.93. The molecular weight excluding hydrogens is 110 g/mol. The predicted octanol–water partition coefficient (Wildman–Crippen LogP) is 0.532. The number of rotatable bonds is 1. The van der Waals surface area contributed by atoms with Gasteiger partial charge in [-0.2, -0.15) is 0 Å². The SMILES string of the molecule is CC(C)OC(=O)O[N]. The fraction of sp³-hybridized carbons (Fsp3) is 0.750. The molecule has 2 radical (unpaired) electrons. The van der Waals surface area contributed by atoms with Crippen LogP contribution in [0, 0.1) is 0 Å². The molecule has 46 valence electrons. The molecule has 0 heterocycles. The summed E-state index contributed by atoms with van der Waals surface area (Å²) in [6.45, 7) is 3.30. The van der Waals surface area contributed by atoms with Crippen LogP contribution in [0.25, 0.3) is 0 Å². The van der Waals surface area contributed by atoms with Gasteiger partial charge < -0.3 is 4.74 Å². The minimum Gasteiger partial charge on any atom is -0.430 e. The minimum atomic E-state index is -1.07. The Bertz CT molecular complexity index is 81.4. The van der Waals surface area contributed by atoms with Crippen LogP contribution in [0.2, 0.25) is 0 Å². The van der Waals surface area contributed by atoms with Gasteiger partial charge in [-0.05, 0) is 13.8 Å². The second kappa shape index (κ2) is 3.26. The molecule has 0 unspecified atom stereocenters. The first kappa shape index (κ1) is 7.23. The molecule has 0 bridgehead atoms. The van der Waals surface area contributed by atoms with E-state index in [1.54, 1.807) is 13.8 Å². The molecule has 0 aliphatic heterocycles. The Kier molecular flexibility index (Phi) is 2.95. The molecule has 0 aromatic rings. The number of nitrogens with zero attached hydrogens (tertiary/aromatic N) is 1. The highest BCUT2D eigenvalue weighted by atomic mass is 16.8. The van der Waals surface area contributed by atoms with Crippen molar-refractivity contribution >= 4 is 6.16 Å². The molecule has 0 atom stereocenters. The van der Waals surface area contributed by atoms with Gasteiger partial charge in [0.15, 0.2) is 0 Å². The highest BCUT2D eigenvalue weighted by Gasteiger charge is 2.03. The normalized spacial score (nSPS) is 9.00. The molecule has 0 rings (SSSR count). The molecule has 0 aliphatic carbocycles. The van der Waals surface area contributed by atoms with Crippen molar-refractivity contribution in [1.29, 1.82) is 0 Å². The van der Waals surface area contributed by atoms with Crippen molar-refractivity contribution in [2.75, 3.05) is 0 Å². The molecular formula is C4H7NO3. The third-order valence-electron chi connectivity index (χ3n) is 0.406. The minimum absolute atomic E-state index is 0.255. The molecule has 8 heavy (non-hydrogen) atoms. The van der Waals surface area contributed by atoms with E-state index in [1.165, 1.54) is 0 Å². The molecule has 0 amide bonds. The topological polar surface area (TPSA) is 57.8 Å². The highest BCUT2D eigenvalue weighted by molar-refractivity contribution is 5.59. The molecule has 0 aliphatic rings. The van der Waals surface area contributed by atoms with Crippen LogP contribution in [-0.4, -0.2) is 12.3 Å². The average Bonchev–Trinajstić information content (AvgIpc) is 1.65. The summed E-state index contributed by atoms with van der Waals surface area (Å²) in [7, 11) is 0. The summed E-state index contributed by atoms with van der Waals surface area (Å²) in [5.41, 5.74) is 0. The molecule has 0 fully saturated rings. The summed E-state index contributed by atoms with van der Waals surface area (Å²) in [6.07, 6.45) is -1.32. The van der Waals surface area contributed by atoms with E-state index in [2.05, 4.69) is 9.57 Å². The molecule has 0 aromatic heterocycles. The number of hydrogen-bond acceptors (Lipinski definition) is 3. The van der Waals surface area contributed by atoms with E-state index in [4.69, 9.17) is 5.90 Å². The van der Waals surface area contributed by atoms with Crippen LogP contribution in [0.1, 0.15) is 13.8 Å². The van der Waals surface area contributed by atoms with Gasteiger partial charge in [0.1, 0.15) is 5.90 Å². The standard InChI is InChI=1S/C4H7NO3/c1-3(2)7-4(6)8-5/h3H,1-2H3. The predicted molar refractivity (Wildman–Crippen MR) is 24.8 cm³/mol. The van der Waals surface area contributed by atoms with Crippen molar-refractivity contribution in [3.63, 3.8) is 0 Å². The van der Waals surface area contributed by atoms with Crippen LogP contribution in [0.15, 0.2) is 0 Å². The van der Waals surface area contributed by atoms with Crippen molar-refractivity contribution in [2.45, 2.75) is 20.0 Å². The largest absolute Gasteiger partial charge is 0.530 e. The summed E-state index contributed by atoms with van der Waals surface area (Å²) in [6, 6.07) is 0. The Morgan fingerprint density at radius 3 is 2.25 bits per heavy atom. The second-order valence-electron chi connectivity index (χ2n) is 1.51. The summed E-state index contributed by atoms with van der Waals surface area (Å²) in [5, 5.41) is 0. The van der Waals surface area contributed by atoms with Gasteiger partial charge in [0.25, 0.3) is 0 Å². The molecule has 4 heteroatoms. The van der Waals surface area contributed by atoms with Crippen LogP contribution < -0.4 is 5.90 Å². The monoisotopic (exact) mass is 117 g/mol. The fourth-order valence-electron chi connectivity index (χ4n) is 0.214. The Balaban J connectivity index is 3.25. The lowest BCUT2D eigenvalue weighted by atomic mass is 10.5. The maximum absolute atomic E-state index is 9.93. The van der Waals surface area contributed by atoms with Crippen LogP contribution in [0.5, 0.6) is 0 Å². The van der Waals surface area contributed by atoms with Crippen molar-refractivity contribution in [1.82, 2.24) is 5.90 Å². The molecule has 0 N–H and O–H groups in total. The lowest BCUT2D eigenvalue weighted by Gasteiger charge is -2.01. The second-order valence-corrected chi connectivity index (χ2v) is 1.51.